The van der Waals surface area contributed by atoms with Gasteiger partial charge in [-0.25, -0.2) is 4.39 Å². The lowest BCUT2D eigenvalue weighted by Crippen LogP contribution is -2.50. The Hall–Kier alpha value is -1.36. The molecule has 0 aromatic heterocycles. The molecule has 2 heterocycles. The van der Waals surface area contributed by atoms with Gasteiger partial charge in [0, 0.05) is 24.2 Å². The third kappa shape index (κ3) is 3.10. The zero-order valence-corrected chi connectivity index (χ0v) is 17.8. The zero-order chi connectivity index (χ0) is 20.3. The highest BCUT2D eigenvalue weighted by Gasteiger charge is 2.61. The van der Waals surface area contributed by atoms with Gasteiger partial charge in [0.2, 0.25) is 5.91 Å². The van der Waals surface area contributed by atoms with Crippen molar-refractivity contribution in [3.8, 4) is 0 Å². The minimum absolute atomic E-state index is 0.000630. The van der Waals surface area contributed by atoms with Crippen molar-refractivity contribution in [1.82, 2.24) is 5.32 Å². The minimum Gasteiger partial charge on any atom is -0.325 e. The standard InChI is InChI=1S/C22H25Cl2FN2O/c1-21(2,3)10-19-22(15(11-26-19)12-5-4-6-13(23)7-12)14-8-17(25)16(24)9-18(14)27-20(22)28/h4-5,7-9,13,15,19,26H,6,10-11H2,1-3H3,(H,27,28)/t13?,15-,19-,22-/m1/s1. The van der Waals surface area contributed by atoms with Gasteiger partial charge in [-0.3, -0.25) is 4.79 Å². The van der Waals surface area contributed by atoms with Crippen molar-refractivity contribution in [2.75, 3.05) is 11.9 Å². The Morgan fingerprint density at radius 1 is 1.32 bits per heavy atom. The molecule has 2 aliphatic heterocycles. The van der Waals surface area contributed by atoms with Gasteiger partial charge in [0.1, 0.15) is 5.82 Å². The number of allylic oxidation sites excluding steroid dienone is 3. The first-order valence-corrected chi connectivity index (χ1v) is 10.5. The third-order valence-corrected chi connectivity index (χ3v) is 6.66. The molecule has 1 aromatic rings. The van der Waals surface area contributed by atoms with E-state index in [2.05, 4.69) is 37.5 Å². The molecule has 4 rings (SSSR count). The van der Waals surface area contributed by atoms with Crippen LogP contribution in [0.1, 0.15) is 39.2 Å². The molecule has 1 amide bonds. The van der Waals surface area contributed by atoms with Crippen LogP contribution in [0.4, 0.5) is 10.1 Å². The molecule has 1 aliphatic carbocycles. The normalized spacial score (nSPS) is 31.9. The van der Waals surface area contributed by atoms with E-state index in [-0.39, 0.29) is 33.7 Å². The van der Waals surface area contributed by atoms with E-state index >= 15 is 0 Å². The van der Waals surface area contributed by atoms with Crippen LogP contribution in [0, 0.1) is 17.2 Å². The third-order valence-electron chi connectivity index (χ3n) is 6.06. The summed E-state index contributed by atoms with van der Waals surface area (Å²) in [7, 11) is 0. The number of carbonyl (C=O) groups is 1. The number of benzene rings is 1. The van der Waals surface area contributed by atoms with Crippen molar-refractivity contribution in [2.45, 2.75) is 50.4 Å². The number of anilines is 1. The molecule has 1 unspecified atom stereocenters. The van der Waals surface area contributed by atoms with Crippen molar-refractivity contribution in [1.29, 1.82) is 0 Å². The van der Waals surface area contributed by atoms with Gasteiger partial charge in [0.15, 0.2) is 0 Å². The van der Waals surface area contributed by atoms with Crippen LogP contribution in [-0.2, 0) is 10.2 Å². The van der Waals surface area contributed by atoms with Crippen LogP contribution in [0.5, 0.6) is 0 Å². The van der Waals surface area contributed by atoms with Crippen molar-refractivity contribution in [3.05, 3.63) is 52.3 Å². The number of alkyl halides is 1. The van der Waals surface area contributed by atoms with Crippen molar-refractivity contribution in [3.63, 3.8) is 0 Å². The molecule has 150 valence electrons. The Labute approximate surface area is 175 Å². The summed E-state index contributed by atoms with van der Waals surface area (Å²) in [5, 5.41) is 6.48. The monoisotopic (exact) mass is 422 g/mol. The van der Waals surface area contributed by atoms with Crippen molar-refractivity contribution in [2.24, 2.45) is 11.3 Å². The van der Waals surface area contributed by atoms with E-state index < -0.39 is 11.2 Å². The molecule has 1 fully saturated rings. The van der Waals surface area contributed by atoms with Crippen LogP contribution in [0.2, 0.25) is 5.02 Å². The van der Waals surface area contributed by atoms with Crippen LogP contribution in [0.3, 0.4) is 0 Å². The molecule has 0 bridgehead atoms. The number of hydrogen-bond acceptors (Lipinski definition) is 2. The number of hydrogen-bond donors (Lipinski definition) is 2. The first-order chi connectivity index (χ1) is 13.1. The van der Waals surface area contributed by atoms with E-state index in [0.29, 0.717) is 17.8 Å². The number of rotatable bonds is 2. The van der Waals surface area contributed by atoms with E-state index in [4.69, 9.17) is 23.2 Å². The number of halogens is 3. The van der Waals surface area contributed by atoms with Crippen LogP contribution in [0.15, 0.2) is 35.9 Å². The lowest BCUT2D eigenvalue weighted by atomic mass is 9.63. The van der Waals surface area contributed by atoms with Gasteiger partial charge in [0.05, 0.1) is 15.8 Å². The summed E-state index contributed by atoms with van der Waals surface area (Å²) in [5.74, 6) is -0.723. The van der Waals surface area contributed by atoms with Crippen LogP contribution < -0.4 is 10.6 Å². The molecular formula is C22H25Cl2FN2O. The molecule has 4 atom stereocenters. The summed E-state index contributed by atoms with van der Waals surface area (Å²) in [6, 6.07) is 2.85. The number of fused-ring (bicyclic) bond motifs is 2. The molecule has 1 aromatic carbocycles. The summed E-state index contributed by atoms with van der Waals surface area (Å²) in [5.41, 5.74) is 1.44. The van der Waals surface area contributed by atoms with Gasteiger partial charge in [-0.05, 0) is 41.5 Å². The predicted molar refractivity (Wildman–Crippen MR) is 113 cm³/mol. The maximum absolute atomic E-state index is 14.5. The number of carbonyl (C=O) groups excluding carboxylic acids is 1. The van der Waals surface area contributed by atoms with Gasteiger partial charge < -0.3 is 10.6 Å². The fourth-order valence-electron chi connectivity index (χ4n) is 4.98. The molecule has 3 aliphatic rings. The second-order valence-electron chi connectivity index (χ2n) is 9.23. The maximum Gasteiger partial charge on any atom is 0.237 e. The Kier molecular flexibility index (Phi) is 4.88. The molecule has 3 nitrogen and oxygen atoms in total. The highest BCUT2D eigenvalue weighted by molar-refractivity contribution is 6.31. The van der Waals surface area contributed by atoms with Gasteiger partial charge in [-0.2, -0.15) is 0 Å². The lowest BCUT2D eigenvalue weighted by molar-refractivity contribution is -0.122. The van der Waals surface area contributed by atoms with E-state index in [1.807, 2.05) is 12.2 Å². The molecule has 1 spiro atoms. The number of amides is 1. The smallest absolute Gasteiger partial charge is 0.237 e. The van der Waals surface area contributed by atoms with Gasteiger partial charge in [0.25, 0.3) is 0 Å². The highest BCUT2D eigenvalue weighted by Crippen LogP contribution is 2.54. The molecular weight excluding hydrogens is 398 g/mol. The fraction of sp³-hybridized carbons (Fsp3) is 0.500. The fourth-order valence-corrected chi connectivity index (χ4v) is 5.39. The van der Waals surface area contributed by atoms with E-state index in [9.17, 15) is 9.18 Å². The molecule has 2 N–H and O–H groups in total. The average Bonchev–Trinajstić information content (AvgIpc) is 3.08. The molecule has 6 heteroatoms. The Balaban J connectivity index is 1.90. The molecule has 28 heavy (non-hydrogen) atoms. The largest absolute Gasteiger partial charge is 0.325 e. The molecule has 0 saturated carbocycles. The molecule has 0 radical (unpaired) electrons. The summed E-state index contributed by atoms with van der Waals surface area (Å²) in [6.45, 7) is 7.10. The Morgan fingerprint density at radius 2 is 2.07 bits per heavy atom. The average molecular weight is 423 g/mol. The minimum atomic E-state index is -0.891. The quantitative estimate of drug-likeness (QED) is 0.643. The number of nitrogens with one attached hydrogen (secondary N) is 2. The van der Waals surface area contributed by atoms with Crippen molar-refractivity contribution < 1.29 is 9.18 Å². The topological polar surface area (TPSA) is 41.1 Å². The second-order valence-corrected chi connectivity index (χ2v) is 10.2. The summed E-state index contributed by atoms with van der Waals surface area (Å²) in [4.78, 5) is 13.5. The van der Waals surface area contributed by atoms with Gasteiger partial charge >= 0.3 is 0 Å². The summed E-state index contributed by atoms with van der Waals surface area (Å²) < 4.78 is 14.5. The first-order valence-electron chi connectivity index (χ1n) is 9.69. The Bertz CT molecular complexity index is 889. The summed E-state index contributed by atoms with van der Waals surface area (Å²) in [6.07, 6.45) is 7.70. The van der Waals surface area contributed by atoms with E-state index in [0.717, 1.165) is 18.4 Å². The van der Waals surface area contributed by atoms with Crippen LogP contribution >= 0.6 is 23.2 Å². The van der Waals surface area contributed by atoms with Gasteiger partial charge in [-0.1, -0.05) is 50.6 Å². The highest BCUT2D eigenvalue weighted by atomic mass is 35.5. The SMILES string of the molecule is CC(C)(C)C[C@H]1NC[C@H](C2=CC(Cl)CC=C2)[C@@]12C(=O)Nc1cc(Cl)c(F)cc12. The second kappa shape index (κ2) is 6.86. The van der Waals surface area contributed by atoms with Crippen molar-refractivity contribution >= 4 is 34.8 Å². The maximum atomic E-state index is 14.5. The van der Waals surface area contributed by atoms with Gasteiger partial charge in [-0.15, -0.1) is 11.6 Å². The predicted octanol–water partition coefficient (Wildman–Crippen LogP) is 5.19. The van der Waals surface area contributed by atoms with E-state index in [1.165, 1.54) is 12.1 Å². The van der Waals surface area contributed by atoms with E-state index in [1.54, 1.807) is 0 Å². The first kappa shape index (κ1) is 19.9. The summed E-state index contributed by atoms with van der Waals surface area (Å²) >= 11 is 12.4. The zero-order valence-electron chi connectivity index (χ0n) is 16.3. The molecule has 1 saturated heterocycles. The van der Waals surface area contributed by atoms with Crippen LogP contribution in [-0.4, -0.2) is 23.9 Å². The Morgan fingerprint density at radius 3 is 2.75 bits per heavy atom. The van der Waals surface area contributed by atoms with Crippen LogP contribution in [0.25, 0.3) is 0 Å². The lowest BCUT2D eigenvalue weighted by Gasteiger charge is -2.38.